The van der Waals surface area contributed by atoms with Crippen LogP contribution in [-0.4, -0.2) is 24.4 Å². The number of benzene rings is 2. The van der Waals surface area contributed by atoms with Gasteiger partial charge in [-0.1, -0.05) is 29.8 Å². The van der Waals surface area contributed by atoms with Crippen molar-refractivity contribution < 1.29 is 23.5 Å². The van der Waals surface area contributed by atoms with E-state index < -0.39 is 11.8 Å². The van der Waals surface area contributed by atoms with Gasteiger partial charge in [-0.25, -0.2) is 9.80 Å². The number of esters is 1. The quantitative estimate of drug-likeness (QED) is 0.387. The minimum atomic E-state index is -0.498. The zero-order valence-corrected chi connectivity index (χ0v) is 17.0. The number of ether oxygens (including phenoxy) is 1. The Morgan fingerprint density at radius 3 is 2.42 bits per heavy atom. The number of nitrogens with zero attached hydrogens (tertiary/aromatic N) is 1. The molecule has 0 saturated carbocycles. The topological polar surface area (TPSA) is 88.9 Å². The van der Waals surface area contributed by atoms with Gasteiger partial charge in [0.2, 0.25) is 0 Å². The lowest BCUT2D eigenvalue weighted by atomic mass is 10.1. The van der Waals surface area contributed by atoms with Gasteiger partial charge < -0.3 is 9.15 Å². The Morgan fingerprint density at radius 2 is 1.74 bits per heavy atom. The van der Waals surface area contributed by atoms with Gasteiger partial charge in [0.15, 0.2) is 0 Å². The third-order valence-corrected chi connectivity index (χ3v) is 4.78. The fourth-order valence-corrected chi connectivity index (χ4v) is 3.15. The normalized spacial score (nSPS) is 14.8. The average Bonchev–Trinajstić information content (AvgIpc) is 3.35. The van der Waals surface area contributed by atoms with Gasteiger partial charge in [-0.2, -0.15) is 0 Å². The highest BCUT2D eigenvalue weighted by atomic mass is 16.5. The van der Waals surface area contributed by atoms with Crippen LogP contribution in [0.15, 0.2) is 70.7 Å². The first kappa shape index (κ1) is 20.2. The number of anilines is 1. The van der Waals surface area contributed by atoms with E-state index in [9.17, 15) is 14.4 Å². The van der Waals surface area contributed by atoms with Crippen LogP contribution < -0.4 is 10.4 Å². The molecule has 0 spiro atoms. The Labute approximate surface area is 178 Å². The van der Waals surface area contributed by atoms with Crippen molar-refractivity contribution in [2.75, 3.05) is 11.6 Å². The maximum absolute atomic E-state index is 12.7. The van der Waals surface area contributed by atoms with Crippen LogP contribution >= 0.6 is 0 Å². The van der Waals surface area contributed by atoms with Gasteiger partial charge in [0.05, 0.1) is 17.9 Å². The summed E-state index contributed by atoms with van der Waals surface area (Å²) in [5, 5.41) is 1.21. The SMILES string of the molecule is CCOC(=O)c1ccc(-c2ccc(/C=C3/C(=O)NN(c4ccc(C)cc4)C3=O)o2)cc1. The summed E-state index contributed by atoms with van der Waals surface area (Å²) in [5.74, 6) is -0.423. The minimum Gasteiger partial charge on any atom is -0.462 e. The molecule has 2 heterocycles. The van der Waals surface area contributed by atoms with Gasteiger partial charge >= 0.3 is 5.97 Å². The predicted octanol–water partition coefficient (Wildman–Crippen LogP) is 3.89. The number of hydrogen-bond acceptors (Lipinski definition) is 5. The number of furan rings is 1. The largest absolute Gasteiger partial charge is 0.462 e. The van der Waals surface area contributed by atoms with Gasteiger partial charge in [0.1, 0.15) is 17.1 Å². The molecule has 31 heavy (non-hydrogen) atoms. The molecule has 2 aromatic carbocycles. The average molecular weight is 416 g/mol. The van der Waals surface area contributed by atoms with Crippen molar-refractivity contribution in [3.8, 4) is 11.3 Å². The van der Waals surface area contributed by atoms with Crippen LogP contribution in [0.5, 0.6) is 0 Å². The Balaban J connectivity index is 1.54. The lowest BCUT2D eigenvalue weighted by Crippen LogP contribution is -2.35. The minimum absolute atomic E-state index is 0.0147. The summed E-state index contributed by atoms with van der Waals surface area (Å²) >= 11 is 0. The second kappa shape index (κ2) is 8.31. The van der Waals surface area contributed by atoms with E-state index >= 15 is 0 Å². The number of hydrazine groups is 1. The van der Waals surface area contributed by atoms with E-state index in [4.69, 9.17) is 9.15 Å². The summed E-state index contributed by atoms with van der Waals surface area (Å²) in [6.07, 6.45) is 1.42. The van der Waals surface area contributed by atoms with E-state index in [1.54, 1.807) is 55.5 Å². The van der Waals surface area contributed by atoms with Crippen LogP contribution in [0.2, 0.25) is 0 Å². The molecular formula is C24H20N2O5. The predicted molar refractivity (Wildman–Crippen MR) is 115 cm³/mol. The molecule has 0 unspecified atom stereocenters. The van der Waals surface area contributed by atoms with Crippen molar-refractivity contribution in [2.24, 2.45) is 0 Å². The monoisotopic (exact) mass is 416 g/mol. The van der Waals surface area contributed by atoms with Crippen molar-refractivity contribution in [2.45, 2.75) is 13.8 Å². The number of hydrogen-bond donors (Lipinski definition) is 1. The fraction of sp³-hybridized carbons (Fsp3) is 0.125. The molecule has 0 radical (unpaired) electrons. The highest BCUT2D eigenvalue weighted by Crippen LogP contribution is 2.26. The molecule has 1 N–H and O–H groups in total. The molecule has 156 valence electrons. The van der Waals surface area contributed by atoms with Crippen molar-refractivity contribution >= 4 is 29.5 Å². The summed E-state index contributed by atoms with van der Waals surface area (Å²) in [7, 11) is 0. The molecule has 3 aromatic rings. The number of carbonyl (C=O) groups is 3. The van der Waals surface area contributed by atoms with Crippen LogP contribution in [0.1, 0.15) is 28.6 Å². The molecular weight excluding hydrogens is 396 g/mol. The zero-order valence-electron chi connectivity index (χ0n) is 17.0. The molecule has 1 aliphatic heterocycles. The summed E-state index contributed by atoms with van der Waals surface area (Å²) in [5.41, 5.74) is 5.38. The van der Waals surface area contributed by atoms with Crippen LogP contribution in [0.4, 0.5) is 5.69 Å². The molecule has 1 fully saturated rings. The first-order valence-corrected chi connectivity index (χ1v) is 9.77. The molecule has 1 saturated heterocycles. The van der Waals surface area contributed by atoms with Gasteiger partial charge in [0.25, 0.3) is 11.8 Å². The van der Waals surface area contributed by atoms with Crippen LogP contribution in [-0.2, 0) is 14.3 Å². The lowest BCUT2D eigenvalue weighted by Gasteiger charge is -2.14. The van der Waals surface area contributed by atoms with Gasteiger partial charge in [-0.15, -0.1) is 0 Å². The van der Waals surface area contributed by atoms with Crippen molar-refractivity contribution in [1.82, 2.24) is 5.43 Å². The molecule has 1 aromatic heterocycles. The fourth-order valence-electron chi connectivity index (χ4n) is 3.15. The Hall–Kier alpha value is -4.13. The van der Waals surface area contributed by atoms with E-state index in [0.717, 1.165) is 11.1 Å². The van der Waals surface area contributed by atoms with E-state index in [1.165, 1.54) is 11.1 Å². The molecule has 0 aliphatic carbocycles. The molecule has 0 bridgehead atoms. The molecule has 1 aliphatic rings. The number of amides is 2. The van der Waals surface area contributed by atoms with Crippen molar-refractivity contribution in [3.05, 3.63) is 83.1 Å². The molecule has 7 nitrogen and oxygen atoms in total. The third-order valence-electron chi connectivity index (χ3n) is 4.78. The molecule has 4 rings (SSSR count). The number of carbonyl (C=O) groups excluding carboxylic acids is 3. The molecule has 2 amide bonds. The number of rotatable bonds is 5. The highest BCUT2D eigenvalue weighted by molar-refractivity contribution is 6.31. The third kappa shape index (κ3) is 4.11. The van der Waals surface area contributed by atoms with Crippen molar-refractivity contribution in [1.29, 1.82) is 0 Å². The maximum atomic E-state index is 12.7. The first-order chi connectivity index (χ1) is 15.0. The van der Waals surface area contributed by atoms with Crippen LogP contribution in [0, 0.1) is 6.92 Å². The number of nitrogens with one attached hydrogen (secondary N) is 1. The first-order valence-electron chi connectivity index (χ1n) is 9.77. The van der Waals surface area contributed by atoms with E-state index in [0.29, 0.717) is 29.4 Å². The van der Waals surface area contributed by atoms with Gasteiger partial charge in [-0.3, -0.25) is 15.0 Å². The summed E-state index contributed by atoms with van der Waals surface area (Å²) in [6.45, 7) is 4.00. The van der Waals surface area contributed by atoms with Crippen molar-refractivity contribution in [3.63, 3.8) is 0 Å². The second-order valence-electron chi connectivity index (χ2n) is 6.97. The Bertz CT molecular complexity index is 1170. The van der Waals surface area contributed by atoms with Gasteiger partial charge in [-0.05, 0) is 56.3 Å². The Kier molecular flexibility index (Phi) is 5.41. The Morgan fingerprint density at radius 1 is 1.03 bits per heavy atom. The smallest absolute Gasteiger partial charge is 0.338 e. The maximum Gasteiger partial charge on any atom is 0.338 e. The standard InChI is InChI=1S/C24H20N2O5/c1-3-30-24(29)17-8-6-16(7-9-17)21-13-12-19(31-21)14-20-22(27)25-26(23(20)28)18-10-4-15(2)5-11-18/h4-14H,3H2,1-2H3,(H,25,27)/b20-14-. The van der Waals surface area contributed by atoms with Crippen LogP contribution in [0.3, 0.4) is 0 Å². The van der Waals surface area contributed by atoms with Crippen LogP contribution in [0.25, 0.3) is 17.4 Å². The lowest BCUT2D eigenvalue weighted by molar-refractivity contribution is -0.117. The van der Waals surface area contributed by atoms with E-state index in [-0.39, 0.29) is 11.5 Å². The summed E-state index contributed by atoms with van der Waals surface area (Å²) in [4.78, 5) is 36.8. The van der Waals surface area contributed by atoms with E-state index in [2.05, 4.69) is 5.43 Å². The summed E-state index contributed by atoms with van der Waals surface area (Å²) in [6, 6.07) is 17.5. The number of aryl methyl sites for hydroxylation is 1. The zero-order chi connectivity index (χ0) is 22.0. The summed E-state index contributed by atoms with van der Waals surface area (Å²) < 4.78 is 10.8. The second-order valence-corrected chi connectivity index (χ2v) is 6.97. The molecule has 0 atom stereocenters. The van der Waals surface area contributed by atoms with Gasteiger partial charge in [0, 0.05) is 5.56 Å². The molecule has 7 heteroatoms. The highest BCUT2D eigenvalue weighted by Gasteiger charge is 2.34. The van der Waals surface area contributed by atoms with E-state index in [1.807, 2.05) is 19.1 Å².